The second-order valence-corrected chi connectivity index (χ2v) is 6.91. The van der Waals surface area contributed by atoms with Crippen LogP contribution in [0.25, 0.3) is 11.1 Å². The van der Waals surface area contributed by atoms with Crippen molar-refractivity contribution in [2.24, 2.45) is 5.92 Å². The maximum atomic E-state index is 11.8. The smallest absolute Gasteiger partial charge is 0.222 e. The Morgan fingerprint density at radius 3 is 2.50 bits per heavy atom. The molecule has 5 nitrogen and oxygen atoms in total. The molecule has 3 heterocycles. The molecule has 1 N–H and O–H groups in total. The zero-order valence-electron chi connectivity index (χ0n) is 13.9. The number of hydrogen-bond acceptors (Lipinski definition) is 3. The first-order chi connectivity index (χ1) is 11.8. The van der Waals surface area contributed by atoms with E-state index in [0.29, 0.717) is 11.8 Å². The number of aromatic amines is 1. The second kappa shape index (κ2) is 6.67. The van der Waals surface area contributed by atoms with Crippen LogP contribution < -0.4 is 4.90 Å². The zero-order valence-corrected chi connectivity index (χ0v) is 13.9. The number of rotatable bonds is 4. The molecule has 24 heavy (non-hydrogen) atoms. The third kappa shape index (κ3) is 3.16. The number of nitrogens with one attached hydrogen (secondary N) is 1. The molecule has 0 radical (unpaired) electrons. The maximum Gasteiger partial charge on any atom is 0.222 e. The van der Waals surface area contributed by atoms with E-state index in [0.717, 1.165) is 44.6 Å². The Bertz CT molecular complexity index is 672. The average molecular weight is 324 g/mol. The molecule has 0 atom stereocenters. The van der Waals surface area contributed by atoms with Gasteiger partial charge in [0.15, 0.2) is 0 Å². The summed E-state index contributed by atoms with van der Waals surface area (Å²) in [5, 5.41) is 6.86. The van der Waals surface area contributed by atoms with Gasteiger partial charge in [0, 0.05) is 50.0 Å². The average Bonchev–Trinajstić information content (AvgIpc) is 3.29. The Morgan fingerprint density at radius 2 is 1.88 bits per heavy atom. The fourth-order valence-electron chi connectivity index (χ4n) is 3.86. The van der Waals surface area contributed by atoms with Gasteiger partial charge < -0.3 is 9.80 Å². The molecule has 0 bridgehead atoms. The fourth-order valence-corrected chi connectivity index (χ4v) is 3.86. The minimum atomic E-state index is 0.354. The van der Waals surface area contributed by atoms with Gasteiger partial charge in [0.05, 0.1) is 6.20 Å². The van der Waals surface area contributed by atoms with Gasteiger partial charge in [-0.05, 0) is 42.9 Å². The minimum Gasteiger partial charge on any atom is -0.372 e. The summed E-state index contributed by atoms with van der Waals surface area (Å²) in [4.78, 5) is 16.3. The molecule has 2 aliphatic heterocycles. The number of carbonyl (C=O) groups is 1. The molecule has 0 aliphatic carbocycles. The Balaban J connectivity index is 1.33. The summed E-state index contributed by atoms with van der Waals surface area (Å²) in [5.74, 6) is 1.01. The molecule has 2 aromatic rings. The summed E-state index contributed by atoms with van der Waals surface area (Å²) in [7, 11) is 0. The van der Waals surface area contributed by atoms with E-state index in [9.17, 15) is 4.79 Å². The van der Waals surface area contributed by atoms with Crippen LogP contribution in [0.1, 0.15) is 25.7 Å². The molecule has 2 fully saturated rings. The first kappa shape index (κ1) is 15.2. The molecule has 1 aromatic heterocycles. The Labute approximate surface area is 142 Å². The molecule has 0 spiro atoms. The predicted octanol–water partition coefficient (Wildman–Crippen LogP) is 2.92. The number of amides is 1. The summed E-state index contributed by atoms with van der Waals surface area (Å²) < 4.78 is 0. The number of carbonyl (C=O) groups excluding carboxylic acids is 1. The van der Waals surface area contributed by atoms with Crippen molar-refractivity contribution in [1.29, 1.82) is 0 Å². The SMILES string of the molecule is O=C1CCCN1CC1CCN(c2ccc(-c3cn[nH]c3)cc2)CC1. The van der Waals surface area contributed by atoms with Gasteiger partial charge in [0.25, 0.3) is 0 Å². The van der Waals surface area contributed by atoms with Crippen molar-refractivity contribution in [2.75, 3.05) is 31.1 Å². The molecule has 5 heteroatoms. The van der Waals surface area contributed by atoms with Gasteiger partial charge in [-0.1, -0.05) is 12.1 Å². The fraction of sp³-hybridized carbons (Fsp3) is 0.474. The van der Waals surface area contributed by atoms with E-state index in [2.05, 4.69) is 44.3 Å². The van der Waals surface area contributed by atoms with Crippen molar-refractivity contribution in [3.63, 3.8) is 0 Å². The van der Waals surface area contributed by atoms with Crippen LogP contribution in [0.5, 0.6) is 0 Å². The first-order valence-corrected chi connectivity index (χ1v) is 8.91. The van der Waals surface area contributed by atoms with Crippen LogP contribution in [0, 0.1) is 5.92 Å². The Morgan fingerprint density at radius 1 is 1.08 bits per heavy atom. The molecule has 4 rings (SSSR count). The largest absolute Gasteiger partial charge is 0.372 e. The van der Waals surface area contributed by atoms with Gasteiger partial charge in [-0.25, -0.2) is 0 Å². The van der Waals surface area contributed by atoms with Gasteiger partial charge in [0.2, 0.25) is 5.91 Å². The highest BCUT2D eigenvalue weighted by atomic mass is 16.2. The van der Waals surface area contributed by atoms with Crippen LogP contribution in [0.4, 0.5) is 5.69 Å². The van der Waals surface area contributed by atoms with Gasteiger partial charge in [-0.3, -0.25) is 9.89 Å². The number of piperidine rings is 1. The van der Waals surface area contributed by atoms with Gasteiger partial charge in [-0.15, -0.1) is 0 Å². The normalized spacial score (nSPS) is 19.2. The zero-order chi connectivity index (χ0) is 16.4. The van der Waals surface area contributed by atoms with Crippen LogP contribution >= 0.6 is 0 Å². The van der Waals surface area contributed by atoms with E-state index in [4.69, 9.17) is 0 Å². The number of H-pyrrole nitrogens is 1. The summed E-state index contributed by atoms with van der Waals surface area (Å²) in [5.41, 5.74) is 3.60. The highest BCUT2D eigenvalue weighted by molar-refractivity contribution is 5.78. The van der Waals surface area contributed by atoms with Crippen LogP contribution in [-0.4, -0.2) is 47.2 Å². The minimum absolute atomic E-state index is 0.354. The summed E-state index contributed by atoms with van der Waals surface area (Å²) >= 11 is 0. The van der Waals surface area contributed by atoms with E-state index in [1.165, 1.54) is 24.1 Å². The van der Waals surface area contributed by atoms with Crippen molar-refractivity contribution in [3.8, 4) is 11.1 Å². The summed E-state index contributed by atoms with van der Waals surface area (Å²) in [6, 6.07) is 8.73. The second-order valence-electron chi connectivity index (χ2n) is 6.91. The Hall–Kier alpha value is -2.30. The molecule has 126 valence electrons. The van der Waals surface area contributed by atoms with Crippen molar-refractivity contribution in [2.45, 2.75) is 25.7 Å². The topological polar surface area (TPSA) is 52.2 Å². The number of likely N-dealkylation sites (tertiary alicyclic amines) is 1. The highest BCUT2D eigenvalue weighted by Crippen LogP contribution is 2.27. The van der Waals surface area contributed by atoms with E-state index >= 15 is 0 Å². The van der Waals surface area contributed by atoms with E-state index in [1.807, 2.05) is 12.4 Å². The van der Waals surface area contributed by atoms with Gasteiger partial charge in [-0.2, -0.15) is 5.10 Å². The molecule has 0 unspecified atom stereocenters. The first-order valence-electron chi connectivity index (χ1n) is 8.91. The van der Waals surface area contributed by atoms with E-state index < -0.39 is 0 Å². The lowest BCUT2D eigenvalue weighted by Gasteiger charge is -2.35. The lowest BCUT2D eigenvalue weighted by molar-refractivity contribution is -0.128. The van der Waals surface area contributed by atoms with Crippen LogP contribution in [0.3, 0.4) is 0 Å². The van der Waals surface area contributed by atoms with Crippen molar-refractivity contribution >= 4 is 11.6 Å². The predicted molar refractivity (Wildman–Crippen MR) is 94.8 cm³/mol. The monoisotopic (exact) mass is 324 g/mol. The third-order valence-corrected chi connectivity index (χ3v) is 5.33. The highest BCUT2D eigenvalue weighted by Gasteiger charge is 2.26. The third-order valence-electron chi connectivity index (χ3n) is 5.33. The molecular formula is C19H24N4O. The van der Waals surface area contributed by atoms with Gasteiger partial charge in [0.1, 0.15) is 0 Å². The number of nitrogens with zero attached hydrogens (tertiary/aromatic N) is 3. The lowest BCUT2D eigenvalue weighted by Crippen LogP contribution is -2.39. The molecule has 2 aliphatic rings. The quantitative estimate of drug-likeness (QED) is 0.941. The molecular weight excluding hydrogens is 300 g/mol. The number of anilines is 1. The van der Waals surface area contributed by atoms with Crippen molar-refractivity contribution in [3.05, 3.63) is 36.7 Å². The van der Waals surface area contributed by atoms with E-state index in [-0.39, 0.29) is 0 Å². The molecule has 1 amide bonds. The molecule has 2 saturated heterocycles. The number of hydrogen-bond donors (Lipinski definition) is 1. The van der Waals surface area contributed by atoms with Crippen molar-refractivity contribution in [1.82, 2.24) is 15.1 Å². The number of benzene rings is 1. The molecule has 0 saturated carbocycles. The van der Waals surface area contributed by atoms with Gasteiger partial charge >= 0.3 is 0 Å². The summed E-state index contributed by atoms with van der Waals surface area (Å²) in [6.45, 7) is 4.09. The lowest BCUT2D eigenvalue weighted by atomic mass is 9.95. The summed E-state index contributed by atoms with van der Waals surface area (Å²) in [6.07, 6.45) is 7.91. The molecule has 1 aromatic carbocycles. The Kier molecular flexibility index (Phi) is 4.24. The maximum absolute atomic E-state index is 11.8. The van der Waals surface area contributed by atoms with Crippen LogP contribution in [0.15, 0.2) is 36.7 Å². The van der Waals surface area contributed by atoms with Crippen LogP contribution in [-0.2, 0) is 4.79 Å². The number of aromatic nitrogens is 2. The van der Waals surface area contributed by atoms with Crippen LogP contribution in [0.2, 0.25) is 0 Å². The standard InChI is InChI=1S/C19H24N4O/c24-19-2-1-9-23(19)14-15-7-10-22(11-8-15)18-5-3-16(4-6-18)17-12-20-21-13-17/h3-6,12-13,15H,1-2,7-11,14H2,(H,20,21). The van der Waals surface area contributed by atoms with Crippen molar-refractivity contribution < 1.29 is 4.79 Å². The van der Waals surface area contributed by atoms with E-state index in [1.54, 1.807) is 0 Å².